The number of phenolic OH excluding ortho intramolecular Hbond substituents is 1. The van der Waals surface area contributed by atoms with E-state index >= 15 is 0 Å². The van der Waals surface area contributed by atoms with Crippen molar-refractivity contribution in [2.24, 2.45) is 0 Å². The van der Waals surface area contributed by atoms with Crippen molar-refractivity contribution in [2.45, 2.75) is 0 Å². The van der Waals surface area contributed by atoms with Crippen molar-refractivity contribution in [2.75, 3.05) is 0 Å². The van der Waals surface area contributed by atoms with E-state index in [1.807, 2.05) is 0 Å². The van der Waals surface area contributed by atoms with Crippen LogP contribution in [-0.4, -0.2) is 16.2 Å². The third-order valence-corrected chi connectivity index (χ3v) is 1.36. The lowest BCUT2D eigenvalue weighted by Gasteiger charge is -2.01. The first-order valence-corrected chi connectivity index (χ1v) is 3.05. The summed E-state index contributed by atoms with van der Waals surface area (Å²) in [5.74, 6) is -8.52. The second-order valence-electron chi connectivity index (χ2n) is 2.19. The topological polar surface area (TPSA) is 57.5 Å². The Morgan fingerprint density at radius 2 is 1.77 bits per heavy atom. The van der Waals surface area contributed by atoms with Crippen LogP contribution in [0.5, 0.6) is 5.75 Å². The first kappa shape index (κ1) is 9.37. The second-order valence-corrected chi connectivity index (χ2v) is 2.19. The summed E-state index contributed by atoms with van der Waals surface area (Å²) < 4.78 is 37.4. The van der Waals surface area contributed by atoms with Gasteiger partial charge in [0.05, 0.1) is 0 Å². The normalized spacial score (nSPS) is 10.1. The maximum absolute atomic E-state index is 12.7. The van der Waals surface area contributed by atoms with E-state index in [4.69, 9.17) is 10.2 Å². The van der Waals surface area contributed by atoms with E-state index in [1.54, 1.807) is 0 Å². The monoisotopic (exact) mass is 192 g/mol. The molecule has 70 valence electrons. The van der Waals surface area contributed by atoms with Crippen LogP contribution >= 0.6 is 0 Å². The van der Waals surface area contributed by atoms with E-state index < -0.39 is 34.7 Å². The predicted molar refractivity (Wildman–Crippen MR) is 34.9 cm³/mol. The number of hydrogen-bond acceptors (Lipinski definition) is 2. The fraction of sp³-hybridized carbons (Fsp3) is 0. The molecule has 0 spiro atoms. The molecule has 0 fully saturated rings. The largest absolute Gasteiger partial charge is 0.503 e. The summed E-state index contributed by atoms with van der Waals surface area (Å²) in [5.41, 5.74) is -1.11. The van der Waals surface area contributed by atoms with Gasteiger partial charge in [0.1, 0.15) is 5.56 Å². The zero-order valence-electron chi connectivity index (χ0n) is 6.01. The second kappa shape index (κ2) is 2.96. The molecule has 6 heteroatoms. The van der Waals surface area contributed by atoms with E-state index in [9.17, 15) is 18.0 Å². The Bertz CT molecular complexity index is 376. The lowest BCUT2D eigenvalue weighted by Crippen LogP contribution is -2.03. The van der Waals surface area contributed by atoms with Crippen LogP contribution in [0.2, 0.25) is 0 Å². The molecule has 13 heavy (non-hydrogen) atoms. The average molecular weight is 192 g/mol. The fourth-order valence-corrected chi connectivity index (χ4v) is 0.746. The van der Waals surface area contributed by atoms with Crippen molar-refractivity contribution in [1.82, 2.24) is 0 Å². The van der Waals surface area contributed by atoms with E-state index in [1.165, 1.54) is 0 Å². The number of carboxylic acids is 1. The number of carboxylic acid groups (broad SMARTS) is 1. The van der Waals surface area contributed by atoms with Crippen LogP contribution in [0, 0.1) is 17.5 Å². The number of aromatic hydroxyl groups is 1. The molecule has 1 rings (SSSR count). The first-order chi connectivity index (χ1) is 5.95. The number of rotatable bonds is 1. The van der Waals surface area contributed by atoms with Gasteiger partial charge in [-0.05, 0) is 6.07 Å². The van der Waals surface area contributed by atoms with Gasteiger partial charge in [-0.25, -0.2) is 13.6 Å². The van der Waals surface area contributed by atoms with Crippen molar-refractivity contribution in [3.63, 3.8) is 0 Å². The Balaban J connectivity index is 3.50. The van der Waals surface area contributed by atoms with Gasteiger partial charge in [0, 0.05) is 0 Å². The van der Waals surface area contributed by atoms with Crippen molar-refractivity contribution >= 4 is 5.97 Å². The molecule has 0 aromatic heterocycles. The Morgan fingerprint density at radius 1 is 1.23 bits per heavy atom. The van der Waals surface area contributed by atoms with Crippen LogP contribution in [0.1, 0.15) is 10.4 Å². The third kappa shape index (κ3) is 1.42. The summed E-state index contributed by atoms with van der Waals surface area (Å²) in [5, 5.41) is 16.8. The van der Waals surface area contributed by atoms with E-state index in [-0.39, 0.29) is 6.07 Å². The molecule has 0 radical (unpaired) electrons. The molecule has 0 amide bonds. The van der Waals surface area contributed by atoms with Gasteiger partial charge in [0.25, 0.3) is 0 Å². The maximum atomic E-state index is 12.7. The summed E-state index contributed by atoms with van der Waals surface area (Å²) >= 11 is 0. The predicted octanol–water partition coefficient (Wildman–Crippen LogP) is 1.51. The Kier molecular flexibility index (Phi) is 2.14. The highest BCUT2D eigenvalue weighted by Crippen LogP contribution is 2.25. The molecule has 3 nitrogen and oxygen atoms in total. The Morgan fingerprint density at radius 3 is 2.23 bits per heavy atom. The van der Waals surface area contributed by atoms with Crippen LogP contribution < -0.4 is 0 Å². The van der Waals surface area contributed by atoms with Gasteiger partial charge in [0.2, 0.25) is 5.82 Å². The Labute approximate surface area is 70.0 Å². The molecule has 1 aromatic rings. The quantitative estimate of drug-likeness (QED) is 0.663. The van der Waals surface area contributed by atoms with Gasteiger partial charge in [-0.3, -0.25) is 0 Å². The lowest BCUT2D eigenvalue weighted by atomic mass is 10.2. The van der Waals surface area contributed by atoms with Gasteiger partial charge in [0.15, 0.2) is 17.4 Å². The number of aromatic carboxylic acids is 1. The summed E-state index contributed by atoms with van der Waals surface area (Å²) in [6.07, 6.45) is 0. The molecule has 0 heterocycles. The molecule has 0 saturated heterocycles. The minimum absolute atomic E-state index is 0.159. The molecule has 0 atom stereocenters. The van der Waals surface area contributed by atoms with Gasteiger partial charge in [-0.2, -0.15) is 4.39 Å². The number of phenols is 1. The lowest BCUT2D eigenvalue weighted by molar-refractivity contribution is 0.0690. The van der Waals surface area contributed by atoms with Crippen LogP contribution in [0.4, 0.5) is 13.2 Å². The minimum Gasteiger partial charge on any atom is -0.503 e. The number of carbonyl (C=O) groups is 1. The van der Waals surface area contributed by atoms with Crippen molar-refractivity contribution in [1.29, 1.82) is 0 Å². The molecule has 0 aliphatic heterocycles. The van der Waals surface area contributed by atoms with Crippen LogP contribution in [0.3, 0.4) is 0 Å². The van der Waals surface area contributed by atoms with Crippen molar-refractivity contribution in [3.8, 4) is 5.75 Å². The summed E-state index contributed by atoms with van der Waals surface area (Å²) in [6, 6.07) is 0.159. The molecule has 1 aromatic carbocycles. The molecule has 0 aliphatic carbocycles. The molecule has 0 saturated carbocycles. The van der Waals surface area contributed by atoms with Crippen LogP contribution in [0.15, 0.2) is 6.07 Å². The molecular formula is C7H3F3O3. The smallest absolute Gasteiger partial charge is 0.338 e. The standard InChI is InChI=1S/C7H3F3O3/c8-3-1-2(7(12)13)4(9)6(11)5(3)10/h1,11H,(H,12,13). The Hall–Kier alpha value is -1.72. The highest BCUT2D eigenvalue weighted by molar-refractivity contribution is 5.88. The number of halogens is 3. The van der Waals surface area contributed by atoms with Gasteiger partial charge in [-0.15, -0.1) is 0 Å². The number of benzene rings is 1. The van der Waals surface area contributed by atoms with E-state index in [0.29, 0.717) is 0 Å². The zero-order chi connectivity index (χ0) is 10.2. The molecular weight excluding hydrogens is 189 g/mol. The molecule has 2 N–H and O–H groups in total. The molecule has 0 unspecified atom stereocenters. The highest BCUT2D eigenvalue weighted by atomic mass is 19.2. The third-order valence-electron chi connectivity index (χ3n) is 1.36. The van der Waals surface area contributed by atoms with Gasteiger partial charge < -0.3 is 10.2 Å². The van der Waals surface area contributed by atoms with Crippen molar-refractivity contribution in [3.05, 3.63) is 29.1 Å². The summed E-state index contributed by atoms with van der Waals surface area (Å²) in [4.78, 5) is 10.2. The van der Waals surface area contributed by atoms with Crippen LogP contribution in [-0.2, 0) is 0 Å². The van der Waals surface area contributed by atoms with E-state index in [2.05, 4.69) is 0 Å². The summed E-state index contributed by atoms with van der Waals surface area (Å²) in [7, 11) is 0. The van der Waals surface area contributed by atoms with Crippen molar-refractivity contribution < 1.29 is 28.2 Å². The first-order valence-electron chi connectivity index (χ1n) is 3.05. The maximum Gasteiger partial charge on any atom is 0.338 e. The van der Waals surface area contributed by atoms with E-state index in [0.717, 1.165) is 0 Å². The van der Waals surface area contributed by atoms with Gasteiger partial charge >= 0.3 is 5.97 Å². The van der Waals surface area contributed by atoms with Gasteiger partial charge in [-0.1, -0.05) is 0 Å². The zero-order valence-corrected chi connectivity index (χ0v) is 6.01. The van der Waals surface area contributed by atoms with Crippen LogP contribution in [0.25, 0.3) is 0 Å². The summed E-state index contributed by atoms with van der Waals surface area (Å²) in [6.45, 7) is 0. The molecule has 0 aliphatic rings. The fourth-order valence-electron chi connectivity index (χ4n) is 0.746. The highest BCUT2D eigenvalue weighted by Gasteiger charge is 2.21. The SMILES string of the molecule is O=C(O)c1cc(F)c(F)c(O)c1F. The average Bonchev–Trinajstić information content (AvgIpc) is 2.07. The minimum atomic E-state index is -1.80. The molecule has 0 bridgehead atoms. The number of hydrogen-bond donors (Lipinski definition) is 2.